The van der Waals surface area contributed by atoms with Crippen LogP contribution in [0.5, 0.6) is 0 Å². The molecule has 1 saturated heterocycles. The van der Waals surface area contributed by atoms with Crippen molar-refractivity contribution in [3.8, 4) is 0 Å². The number of carbonyl (C=O) groups is 1. The molecule has 2 atom stereocenters. The molecule has 1 amide bonds. The van der Waals surface area contributed by atoms with E-state index in [9.17, 15) is 4.79 Å². The van der Waals surface area contributed by atoms with Crippen LogP contribution in [-0.2, 0) is 4.79 Å². The van der Waals surface area contributed by atoms with E-state index in [0.717, 1.165) is 30.8 Å². The number of carbonyl (C=O) groups excluding carboxylic acids is 1. The number of hydrogen-bond donors (Lipinski definition) is 2. The highest BCUT2D eigenvalue weighted by molar-refractivity contribution is 5.95. The van der Waals surface area contributed by atoms with Gasteiger partial charge >= 0.3 is 0 Å². The molecule has 1 aliphatic rings. The Labute approximate surface area is 127 Å². The summed E-state index contributed by atoms with van der Waals surface area (Å²) < 4.78 is 0. The van der Waals surface area contributed by atoms with Crippen molar-refractivity contribution in [2.75, 3.05) is 38.2 Å². The molecule has 0 saturated carbocycles. The average Bonchev–Trinajstić information content (AvgIpc) is 2.91. The van der Waals surface area contributed by atoms with Crippen molar-refractivity contribution >= 4 is 17.3 Å². The molecule has 1 aliphatic heterocycles. The molecule has 0 spiro atoms. The summed E-state index contributed by atoms with van der Waals surface area (Å²) in [5, 5.41) is 3.00. The molecule has 5 nitrogen and oxygen atoms in total. The van der Waals surface area contributed by atoms with E-state index in [4.69, 9.17) is 5.73 Å². The standard InChI is InChI=1S/C16H26N4O/c1-11-5-6-13(17)9-15(11)18-16(21)12(2)20-8-7-14(10-20)19(3)4/h5-6,9,12,14H,7-8,10,17H2,1-4H3,(H,18,21). The number of aryl methyl sites for hydroxylation is 1. The van der Waals surface area contributed by atoms with Crippen molar-refractivity contribution < 1.29 is 4.79 Å². The molecule has 3 N–H and O–H groups in total. The summed E-state index contributed by atoms with van der Waals surface area (Å²) in [6.45, 7) is 5.84. The van der Waals surface area contributed by atoms with E-state index in [0.29, 0.717) is 11.7 Å². The van der Waals surface area contributed by atoms with Gasteiger partial charge in [-0.05, 0) is 52.1 Å². The molecule has 5 heteroatoms. The van der Waals surface area contributed by atoms with Crippen LogP contribution in [0.1, 0.15) is 18.9 Å². The third kappa shape index (κ3) is 3.74. The van der Waals surface area contributed by atoms with E-state index in [-0.39, 0.29) is 11.9 Å². The first-order valence-corrected chi connectivity index (χ1v) is 7.46. The summed E-state index contributed by atoms with van der Waals surface area (Å²) in [7, 11) is 4.18. The van der Waals surface area contributed by atoms with Gasteiger partial charge in [-0.15, -0.1) is 0 Å². The molecule has 116 valence electrons. The molecule has 21 heavy (non-hydrogen) atoms. The number of amides is 1. The maximum Gasteiger partial charge on any atom is 0.241 e. The summed E-state index contributed by atoms with van der Waals surface area (Å²) >= 11 is 0. The molecule has 2 rings (SSSR count). The maximum atomic E-state index is 12.4. The van der Waals surface area contributed by atoms with Crippen molar-refractivity contribution in [3.63, 3.8) is 0 Å². The van der Waals surface area contributed by atoms with Gasteiger partial charge in [0.05, 0.1) is 6.04 Å². The van der Waals surface area contributed by atoms with Crippen LogP contribution in [-0.4, -0.2) is 55.0 Å². The predicted molar refractivity (Wildman–Crippen MR) is 87.3 cm³/mol. The minimum atomic E-state index is -0.129. The van der Waals surface area contributed by atoms with Crippen LogP contribution in [0.15, 0.2) is 18.2 Å². The fourth-order valence-corrected chi connectivity index (χ4v) is 2.72. The second-order valence-electron chi connectivity index (χ2n) is 6.14. The predicted octanol–water partition coefficient (Wildman–Crippen LogP) is 1.54. The Hall–Kier alpha value is -1.59. The lowest BCUT2D eigenvalue weighted by Crippen LogP contribution is -2.42. The van der Waals surface area contributed by atoms with Gasteiger partial charge in [0.15, 0.2) is 0 Å². The van der Waals surface area contributed by atoms with Crippen LogP contribution >= 0.6 is 0 Å². The average molecular weight is 290 g/mol. The molecule has 1 aromatic carbocycles. The normalized spacial score (nSPS) is 20.7. The zero-order valence-electron chi connectivity index (χ0n) is 13.4. The highest BCUT2D eigenvalue weighted by Gasteiger charge is 2.30. The summed E-state index contributed by atoms with van der Waals surface area (Å²) in [6.07, 6.45) is 1.11. The number of rotatable bonds is 4. The zero-order chi connectivity index (χ0) is 15.6. The van der Waals surface area contributed by atoms with Crippen LogP contribution in [0, 0.1) is 6.92 Å². The van der Waals surface area contributed by atoms with E-state index in [1.165, 1.54) is 0 Å². The fourth-order valence-electron chi connectivity index (χ4n) is 2.72. The van der Waals surface area contributed by atoms with Gasteiger partial charge in [-0.25, -0.2) is 0 Å². The third-order valence-electron chi connectivity index (χ3n) is 4.37. The Morgan fingerprint density at radius 3 is 2.81 bits per heavy atom. The number of nitrogens with zero attached hydrogens (tertiary/aromatic N) is 2. The first-order valence-electron chi connectivity index (χ1n) is 7.46. The number of benzene rings is 1. The van der Waals surface area contributed by atoms with E-state index < -0.39 is 0 Å². The largest absolute Gasteiger partial charge is 0.399 e. The Balaban J connectivity index is 1.99. The smallest absolute Gasteiger partial charge is 0.241 e. The minimum absolute atomic E-state index is 0.0307. The van der Waals surface area contributed by atoms with E-state index in [1.807, 2.05) is 32.0 Å². The van der Waals surface area contributed by atoms with Gasteiger partial charge in [0, 0.05) is 30.5 Å². The highest BCUT2D eigenvalue weighted by Crippen LogP contribution is 2.20. The van der Waals surface area contributed by atoms with Gasteiger partial charge in [-0.3, -0.25) is 9.69 Å². The highest BCUT2D eigenvalue weighted by atomic mass is 16.2. The molecule has 0 bridgehead atoms. The summed E-state index contributed by atoms with van der Waals surface area (Å²) in [6, 6.07) is 5.99. The Morgan fingerprint density at radius 1 is 1.48 bits per heavy atom. The van der Waals surface area contributed by atoms with Gasteiger partial charge in [-0.2, -0.15) is 0 Å². The Bertz CT molecular complexity index is 515. The second-order valence-corrected chi connectivity index (χ2v) is 6.14. The third-order valence-corrected chi connectivity index (χ3v) is 4.37. The molecule has 0 aromatic heterocycles. The lowest BCUT2D eigenvalue weighted by atomic mass is 10.1. The molecular formula is C16H26N4O. The van der Waals surface area contributed by atoms with Crippen molar-refractivity contribution in [2.24, 2.45) is 0 Å². The molecule has 1 fully saturated rings. The summed E-state index contributed by atoms with van der Waals surface area (Å²) in [5.74, 6) is 0.0307. The minimum Gasteiger partial charge on any atom is -0.399 e. The quantitative estimate of drug-likeness (QED) is 0.826. The second kappa shape index (κ2) is 6.45. The van der Waals surface area contributed by atoms with Gasteiger partial charge in [-0.1, -0.05) is 6.07 Å². The van der Waals surface area contributed by atoms with Gasteiger partial charge in [0.1, 0.15) is 0 Å². The Morgan fingerprint density at radius 2 is 2.19 bits per heavy atom. The molecular weight excluding hydrogens is 264 g/mol. The van der Waals surface area contributed by atoms with Gasteiger partial charge in [0.2, 0.25) is 5.91 Å². The number of hydrogen-bond acceptors (Lipinski definition) is 4. The SMILES string of the molecule is Cc1ccc(N)cc1NC(=O)C(C)N1CCC(N(C)C)C1. The molecule has 2 unspecified atom stereocenters. The zero-order valence-corrected chi connectivity index (χ0v) is 13.4. The van der Waals surface area contributed by atoms with Crippen LogP contribution in [0.2, 0.25) is 0 Å². The van der Waals surface area contributed by atoms with Crippen LogP contribution < -0.4 is 11.1 Å². The molecule has 0 aliphatic carbocycles. The monoisotopic (exact) mass is 290 g/mol. The lowest BCUT2D eigenvalue weighted by molar-refractivity contribution is -0.120. The molecule has 1 aromatic rings. The first kappa shape index (κ1) is 15.8. The molecule has 1 heterocycles. The topological polar surface area (TPSA) is 61.6 Å². The van der Waals surface area contributed by atoms with Crippen molar-refractivity contribution in [3.05, 3.63) is 23.8 Å². The van der Waals surface area contributed by atoms with Crippen molar-refractivity contribution in [2.45, 2.75) is 32.4 Å². The maximum absolute atomic E-state index is 12.4. The van der Waals surface area contributed by atoms with Crippen LogP contribution in [0.4, 0.5) is 11.4 Å². The van der Waals surface area contributed by atoms with E-state index >= 15 is 0 Å². The van der Waals surface area contributed by atoms with Gasteiger partial charge < -0.3 is 16.0 Å². The fraction of sp³-hybridized carbons (Fsp3) is 0.562. The van der Waals surface area contributed by atoms with E-state index in [2.05, 4.69) is 29.2 Å². The van der Waals surface area contributed by atoms with Crippen molar-refractivity contribution in [1.29, 1.82) is 0 Å². The summed E-state index contributed by atoms with van der Waals surface area (Å²) in [5.41, 5.74) is 8.28. The summed E-state index contributed by atoms with van der Waals surface area (Å²) in [4.78, 5) is 16.9. The van der Waals surface area contributed by atoms with Gasteiger partial charge in [0.25, 0.3) is 0 Å². The lowest BCUT2D eigenvalue weighted by Gasteiger charge is -2.25. The Kier molecular flexibility index (Phi) is 4.85. The van der Waals surface area contributed by atoms with Crippen LogP contribution in [0.25, 0.3) is 0 Å². The number of likely N-dealkylation sites (N-methyl/N-ethyl adjacent to an activating group) is 1. The molecule has 0 radical (unpaired) electrons. The number of nitrogens with two attached hydrogens (primary N) is 1. The number of nitrogens with one attached hydrogen (secondary N) is 1. The van der Waals surface area contributed by atoms with E-state index in [1.54, 1.807) is 0 Å². The number of nitrogen functional groups attached to an aromatic ring is 1. The first-order chi connectivity index (χ1) is 9.88. The number of likely N-dealkylation sites (tertiary alicyclic amines) is 1. The number of anilines is 2. The van der Waals surface area contributed by atoms with Crippen LogP contribution in [0.3, 0.4) is 0 Å². The van der Waals surface area contributed by atoms with Crippen molar-refractivity contribution in [1.82, 2.24) is 9.80 Å².